The summed E-state index contributed by atoms with van der Waals surface area (Å²) < 4.78 is 1.53. The number of aryl methyl sites for hydroxylation is 2. The third-order valence-corrected chi connectivity index (χ3v) is 5.83. The van der Waals surface area contributed by atoms with Gasteiger partial charge in [0.1, 0.15) is 5.75 Å². The predicted molar refractivity (Wildman–Crippen MR) is 112 cm³/mol. The van der Waals surface area contributed by atoms with Crippen molar-refractivity contribution >= 4 is 16.8 Å². The number of amides is 1. The Labute approximate surface area is 169 Å². The normalized spacial score (nSPS) is 15.0. The number of aromatic nitrogens is 2. The van der Waals surface area contributed by atoms with Crippen molar-refractivity contribution < 1.29 is 9.90 Å². The molecular weight excluding hydrogens is 366 g/mol. The number of phenolic OH excluding ortho intramolecular Hbond substituents is 1. The minimum Gasteiger partial charge on any atom is -0.508 e. The lowest BCUT2D eigenvalue weighted by molar-refractivity contribution is -0.132. The summed E-state index contributed by atoms with van der Waals surface area (Å²) in [5, 5.41) is 10.0. The SMILES string of the molecule is Cc1cccc2c(=O)n(CCC(=O)N3CCC(c4ccc(O)cc4)CC3)cnc12. The largest absolute Gasteiger partial charge is 0.508 e. The number of hydrogen-bond donors (Lipinski definition) is 1. The van der Waals surface area contributed by atoms with E-state index in [9.17, 15) is 14.7 Å². The van der Waals surface area contributed by atoms with Gasteiger partial charge in [-0.05, 0) is 55.0 Å². The smallest absolute Gasteiger partial charge is 0.261 e. The Morgan fingerprint density at radius 1 is 1.14 bits per heavy atom. The number of nitrogens with zero attached hydrogens (tertiary/aromatic N) is 3. The molecule has 1 amide bonds. The molecule has 2 heterocycles. The van der Waals surface area contributed by atoms with Crippen molar-refractivity contribution in [1.29, 1.82) is 0 Å². The molecule has 6 heteroatoms. The number of fused-ring (bicyclic) bond motifs is 1. The van der Waals surface area contributed by atoms with Crippen LogP contribution >= 0.6 is 0 Å². The fourth-order valence-corrected chi connectivity index (χ4v) is 4.08. The van der Waals surface area contributed by atoms with Gasteiger partial charge >= 0.3 is 0 Å². The highest BCUT2D eigenvalue weighted by molar-refractivity contribution is 5.80. The Bertz CT molecular complexity index is 1080. The second kappa shape index (κ2) is 8.07. The highest BCUT2D eigenvalue weighted by Gasteiger charge is 2.23. The van der Waals surface area contributed by atoms with Crippen molar-refractivity contribution in [3.63, 3.8) is 0 Å². The number of piperidine rings is 1. The first-order valence-corrected chi connectivity index (χ1v) is 10.0. The predicted octanol–water partition coefficient (Wildman–Crippen LogP) is 3.21. The van der Waals surface area contributed by atoms with Crippen LogP contribution in [0.25, 0.3) is 10.9 Å². The molecule has 1 aliphatic heterocycles. The number of carbonyl (C=O) groups is 1. The summed E-state index contributed by atoms with van der Waals surface area (Å²) in [5.74, 6) is 0.760. The van der Waals surface area contributed by atoms with E-state index in [0.29, 0.717) is 37.4 Å². The third-order valence-electron chi connectivity index (χ3n) is 5.83. The van der Waals surface area contributed by atoms with Crippen LogP contribution in [0.15, 0.2) is 53.6 Å². The molecule has 0 saturated carbocycles. The third kappa shape index (κ3) is 4.01. The van der Waals surface area contributed by atoms with Gasteiger partial charge in [0.25, 0.3) is 5.56 Å². The summed E-state index contributed by atoms with van der Waals surface area (Å²) in [4.78, 5) is 31.6. The van der Waals surface area contributed by atoms with Crippen molar-refractivity contribution in [1.82, 2.24) is 14.5 Å². The quantitative estimate of drug-likeness (QED) is 0.741. The highest BCUT2D eigenvalue weighted by Crippen LogP contribution is 2.29. The average Bonchev–Trinajstić information content (AvgIpc) is 2.74. The second-order valence-electron chi connectivity index (χ2n) is 7.71. The number of phenols is 1. The summed E-state index contributed by atoms with van der Waals surface area (Å²) in [7, 11) is 0. The van der Waals surface area contributed by atoms with E-state index in [-0.39, 0.29) is 17.2 Å². The van der Waals surface area contributed by atoms with Gasteiger partial charge < -0.3 is 10.0 Å². The maximum atomic E-state index is 12.7. The molecule has 150 valence electrons. The Morgan fingerprint density at radius 3 is 2.59 bits per heavy atom. The molecule has 29 heavy (non-hydrogen) atoms. The van der Waals surface area contributed by atoms with Crippen molar-refractivity contribution in [3.8, 4) is 5.75 Å². The lowest BCUT2D eigenvalue weighted by Crippen LogP contribution is -2.38. The summed E-state index contributed by atoms with van der Waals surface area (Å²) in [5.41, 5.74) is 2.80. The van der Waals surface area contributed by atoms with Crippen molar-refractivity contribution in [3.05, 3.63) is 70.3 Å². The van der Waals surface area contributed by atoms with Crippen molar-refractivity contribution in [2.45, 2.75) is 38.6 Å². The van der Waals surface area contributed by atoms with Crippen LogP contribution in [0.3, 0.4) is 0 Å². The lowest BCUT2D eigenvalue weighted by atomic mass is 9.89. The Hall–Kier alpha value is -3.15. The first-order chi connectivity index (χ1) is 14.0. The molecule has 6 nitrogen and oxygen atoms in total. The van der Waals surface area contributed by atoms with Gasteiger partial charge in [-0.2, -0.15) is 0 Å². The van der Waals surface area contributed by atoms with E-state index in [4.69, 9.17) is 0 Å². The van der Waals surface area contributed by atoms with Gasteiger partial charge in [-0.25, -0.2) is 4.98 Å². The van der Waals surface area contributed by atoms with Gasteiger partial charge in [-0.3, -0.25) is 14.2 Å². The van der Waals surface area contributed by atoms with Crippen LogP contribution in [-0.2, 0) is 11.3 Å². The second-order valence-corrected chi connectivity index (χ2v) is 7.71. The zero-order chi connectivity index (χ0) is 20.4. The summed E-state index contributed by atoms with van der Waals surface area (Å²) in [6, 6.07) is 12.9. The van der Waals surface area contributed by atoms with Gasteiger partial charge in [0.15, 0.2) is 0 Å². The molecule has 1 saturated heterocycles. The van der Waals surface area contributed by atoms with Crippen LogP contribution in [0.5, 0.6) is 5.75 Å². The molecule has 1 N–H and O–H groups in total. The van der Waals surface area contributed by atoms with Gasteiger partial charge in [-0.1, -0.05) is 24.3 Å². The molecule has 0 atom stereocenters. The maximum Gasteiger partial charge on any atom is 0.261 e. The van der Waals surface area contributed by atoms with Crippen LogP contribution < -0.4 is 5.56 Å². The molecule has 4 rings (SSSR count). The molecule has 0 spiro atoms. The zero-order valence-corrected chi connectivity index (χ0v) is 16.5. The van der Waals surface area contributed by atoms with Crippen LogP contribution in [0, 0.1) is 6.92 Å². The Kier molecular flexibility index (Phi) is 5.34. The van der Waals surface area contributed by atoms with E-state index in [0.717, 1.165) is 23.9 Å². The van der Waals surface area contributed by atoms with Gasteiger partial charge in [0.05, 0.1) is 17.2 Å². The van der Waals surface area contributed by atoms with Crippen LogP contribution in [0.1, 0.15) is 36.3 Å². The average molecular weight is 391 g/mol. The van der Waals surface area contributed by atoms with Gasteiger partial charge in [0, 0.05) is 26.1 Å². The van der Waals surface area contributed by atoms with E-state index >= 15 is 0 Å². The van der Waals surface area contributed by atoms with Crippen molar-refractivity contribution in [2.75, 3.05) is 13.1 Å². The number of likely N-dealkylation sites (tertiary alicyclic amines) is 1. The molecular formula is C23H25N3O3. The van der Waals surface area contributed by atoms with Crippen LogP contribution in [-0.4, -0.2) is 38.6 Å². The summed E-state index contributed by atoms with van der Waals surface area (Å²) in [6.07, 6.45) is 3.66. The number of para-hydroxylation sites is 1. The topological polar surface area (TPSA) is 75.4 Å². The first kappa shape index (κ1) is 19.2. The fraction of sp³-hybridized carbons (Fsp3) is 0.348. The molecule has 1 fully saturated rings. The standard InChI is InChI=1S/C23H25N3O3/c1-16-3-2-4-20-22(16)24-15-26(23(20)29)14-11-21(28)25-12-9-18(10-13-25)17-5-7-19(27)8-6-17/h2-8,15,18,27H,9-14H2,1H3. The van der Waals surface area contributed by atoms with E-state index in [1.807, 2.05) is 36.1 Å². The molecule has 3 aromatic rings. The minimum atomic E-state index is -0.0995. The molecule has 0 bridgehead atoms. The van der Waals surface area contributed by atoms with E-state index in [1.54, 1.807) is 24.5 Å². The van der Waals surface area contributed by atoms with Crippen LogP contribution in [0.4, 0.5) is 0 Å². The number of benzene rings is 2. The van der Waals surface area contributed by atoms with Gasteiger partial charge in [0.2, 0.25) is 5.91 Å². The molecule has 2 aromatic carbocycles. The monoisotopic (exact) mass is 391 g/mol. The molecule has 1 aromatic heterocycles. The molecule has 0 radical (unpaired) electrons. The Balaban J connectivity index is 1.36. The summed E-state index contributed by atoms with van der Waals surface area (Å²) >= 11 is 0. The van der Waals surface area contributed by atoms with Gasteiger partial charge in [-0.15, -0.1) is 0 Å². The molecule has 1 aliphatic rings. The number of carbonyl (C=O) groups excluding carboxylic acids is 1. The van der Waals surface area contributed by atoms with Crippen molar-refractivity contribution in [2.24, 2.45) is 0 Å². The number of aromatic hydroxyl groups is 1. The maximum absolute atomic E-state index is 12.7. The van der Waals surface area contributed by atoms with E-state index < -0.39 is 0 Å². The minimum absolute atomic E-state index is 0.0744. The fourth-order valence-electron chi connectivity index (χ4n) is 4.08. The summed E-state index contributed by atoms with van der Waals surface area (Å²) in [6.45, 7) is 3.71. The van der Waals surface area contributed by atoms with E-state index in [1.165, 1.54) is 10.1 Å². The first-order valence-electron chi connectivity index (χ1n) is 10.0. The number of hydrogen-bond acceptors (Lipinski definition) is 4. The molecule has 0 aliphatic carbocycles. The van der Waals surface area contributed by atoms with E-state index in [2.05, 4.69) is 4.98 Å². The highest BCUT2D eigenvalue weighted by atomic mass is 16.3. The Morgan fingerprint density at radius 2 is 1.86 bits per heavy atom. The number of rotatable bonds is 4. The lowest BCUT2D eigenvalue weighted by Gasteiger charge is -2.32. The molecule has 0 unspecified atom stereocenters. The van der Waals surface area contributed by atoms with Crippen LogP contribution in [0.2, 0.25) is 0 Å². The zero-order valence-electron chi connectivity index (χ0n) is 16.5.